The lowest BCUT2D eigenvalue weighted by atomic mass is 10.1. The number of imide groups is 1. The molecule has 1 aromatic rings. The van der Waals surface area contributed by atoms with Gasteiger partial charge in [-0.3, -0.25) is 19.7 Å². The van der Waals surface area contributed by atoms with Crippen LogP contribution in [0.5, 0.6) is 0 Å². The first kappa shape index (κ1) is 13.7. The van der Waals surface area contributed by atoms with Gasteiger partial charge in [-0.25, -0.2) is 4.98 Å². The summed E-state index contributed by atoms with van der Waals surface area (Å²) in [6, 6.07) is 3.28. The summed E-state index contributed by atoms with van der Waals surface area (Å²) in [6.07, 6.45) is 1.45. The van der Waals surface area contributed by atoms with E-state index in [0.29, 0.717) is 5.56 Å². The number of nitrogens with zero attached hydrogens (tertiary/aromatic N) is 2. The quantitative estimate of drug-likeness (QED) is 0.477. The molecule has 7 heteroatoms. The summed E-state index contributed by atoms with van der Waals surface area (Å²) in [5, 5.41) is 2.13. The average Bonchev–Trinajstić information content (AvgIpc) is 2.43. The van der Waals surface area contributed by atoms with Gasteiger partial charge in [-0.1, -0.05) is 11.8 Å². The van der Waals surface area contributed by atoms with Crippen molar-refractivity contribution in [3.05, 3.63) is 29.6 Å². The third kappa shape index (κ3) is 2.99. The Bertz CT molecular complexity index is 614. The smallest absolute Gasteiger partial charge is 0.274 e. The van der Waals surface area contributed by atoms with Gasteiger partial charge < -0.3 is 10.6 Å². The zero-order valence-electron chi connectivity index (χ0n) is 10.5. The van der Waals surface area contributed by atoms with Crippen LogP contribution in [0.2, 0.25) is 0 Å². The molecule has 1 aliphatic rings. The molecule has 0 atom stereocenters. The third-order valence-corrected chi connectivity index (χ3v) is 2.57. The highest BCUT2D eigenvalue weighted by Crippen LogP contribution is 2.09. The van der Waals surface area contributed by atoms with Gasteiger partial charge in [-0.2, -0.15) is 0 Å². The minimum atomic E-state index is -0.514. The molecule has 7 nitrogen and oxygen atoms in total. The van der Waals surface area contributed by atoms with Crippen LogP contribution in [0, 0.1) is 11.8 Å². The van der Waals surface area contributed by atoms with E-state index in [1.165, 1.54) is 6.20 Å². The molecule has 1 fully saturated rings. The van der Waals surface area contributed by atoms with E-state index in [0.717, 1.165) is 4.90 Å². The Morgan fingerprint density at radius 2 is 2.10 bits per heavy atom. The van der Waals surface area contributed by atoms with Crippen LogP contribution >= 0.6 is 0 Å². The first-order valence-corrected chi connectivity index (χ1v) is 5.87. The monoisotopic (exact) mass is 272 g/mol. The molecule has 0 aliphatic carbocycles. The maximum Gasteiger partial charge on any atom is 0.274 e. The van der Waals surface area contributed by atoms with Crippen molar-refractivity contribution < 1.29 is 14.4 Å². The van der Waals surface area contributed by atoms with E-state index in [1.807, 2.05) is 0 Å². The molecule has 3 N–H and O–H groups in total. The van der Waals surface area contributed by atoms with Crippen molar-refractivity contribution in [3.8, 4) is 11.8 Å². The number of pyridine rings is 1. The maximum absolute atomic E-state index is 12.3. The molecule has 1 aliphatic heterocycles. The van der Waals surface area contributed by atoms with Crippen LogP contribution in [0.15, 0.2) is 18.3 Å². The first-order chi connectivity index (χ1) is 9.61. The van der Waals surface area contributed by atoms with Gasteiger partial charge in [-0.15, -0.1) is 0 Å². The van der Waals surface area contributed by atoms with Crippen LogP contribution in [0.3, 0.4) is 0 Å². The van der Waals surface area contributed by atoms with Crippen molar-refractivity contribution in [1.82, 2.24) is 15.2 Å². The second-order valence-corrected chi connectivity index (χ2v) is 4.04. The summed E-state index contributed by atoms with van der Waals surface area (Å²) < 4.78 is 0. The summed E-state index contributed by atoms with van der Waals surface area (Å²) >= 11 is 0. The molecule has 0 aromatic carbocycles. The second-order valence-electron chi connectivity index (χ2n) is 4.04. The first-order valence-electron chi connectivity index (χ1n) is 5.87. The van der Waals surface area contributed by atoms with Gasteiger partial charge in [0.05, 0.1) is 12.1 Å². The highest BCUT2D eigenvalue weighted by molar-refractivity contribution is 6.05. The standard InChI is InChI=1S/C13H12N4O3/c14-5-1-3-9-4-2-6-15-12(9)13(20)17-7-10(18)16-11(19)8-17/h2,4,6H,5,7-8,14H2,(H,16,18,19). The number of nitrogens with one attached hydrogen (secondary N) is 1. The van der Waals surface area contributed by atoms with Crippen LogP contribution in [-0.2, 0) is 9.59 Å². The Hall–Kier alpha value is -2.72. The van der Waals surface area contributed by atoms with Gasteiger partial charge in [0.2, 0.25) is 11.8 Å². The molecular formula is C13H12N4O3. The molecule has 20 heavy (non-hydrogen) atoms. The minimum Gasteiger partial charge on any atom is -0.320 e. The Balaban J connectivity index is 2.29. The normalized spacial score (nSPS) is 14.3. The molecule has 0 unspecified atom stereocenters. The second kappa shape index (κ2) is 5.95. The molecule has 1 aromatic heterocycles. The van der Waals surface area contributed by atoms with E-state index in [-0.39, 0.29) is 25.3 Å². The number of hydrogen-bond acceptors (Lipinski definition) is 5. The van der Waals surface area contributed by atoms with E-state index in [1.54, 1.807) is 12.1 Å². The maximum atomic E-state index is 12.3. The molecule has 0 bridgehead atoms. The number of carbonyl (C=O) groups excluding carboxylic acids is 3. The van der Waals surface area contributed by atoms with Gasteiger partial charge in [0.15, 0.2) is 0 Å². The van der Waals surface area contributed by atoms with Gasteiger partial charge in [0.1, 0.15) is 18.8 Å². The Labute approximate surface area is 115 Å². The molecule has 0 saturated carbocycles. The van der Waals surface area contributed by atoms with Crippen LogP contribution in [-0.4, -0.2) is 47.2 Å². The molecule has 2 rings (SSSR count). The summed E-state index contributed by atoms with van der Waals surface area (Å²) in [6.45, 7) is -0.192. The third-order valence-electron chi connectivity index (χ3n) is 2.57. The number of piperazine rings is 1. The van der Waals surface area contributed by atoms with E-state index in [2.05, 4.69) is 22.1 Å². The number of rotatable bonds is 1. The molecule has 102 valence electrons. The zero-order valence-corrected chi connectivity index (χ0v) is 10.5. The van der Waals surface area contributed by atoms with Crippen molar-refractivity contribution in [2.75, 3.05) is 19.6 Å². The van der Waals surface area contributed by atoms with Crippen molar-refractivity contribution in [2.45, 2.75) is 0 Å². The van der Waals surface area contributed by atoms with Crippen molar-refractivity contribution in [2.24, 2.45) is 5.73 Å². The van der Waals surface area contributed by atoms with Gasteiger partial charge in [-0.05, 0) is 12.1 Å². The summed E-state index contributed by atoms with van der Waals surface area (Å²) in [7, 11) is 0. The van der Waals surface area contributed by atoms with E-state index in [4.69, 9.17) is 5.73 Å². The Morgan fingerprint density at radius 1 is 1.40 bits per heavy atom. The Morgan fingerprint density at radius 3 is 2.75 bits per heavy atom. The SMILES string of the molecule is NCC#Cc1cccnc1C(=O)N1CC(=O)NC(=O)C1. The van der Waals surface area contributed by atoms with E-state index < -0.39 is 17.7 Å². The fourth-order valence-corrected chi connectivity index (χ4v) is 1.75. The predicted molar refractivity (Wildman–Crippen MR) is 69.2 cm³/mol. The molecule has 0 spiro atoms. The predicted octanol–water partition coefficient (Wildman–Crippen LogP) is -1.51. The highest BCUT2D eigenvalue weighted by Gasteiger charge is 2.28. The van der Waals surface area contributed by atoms with Gasteiger partial charge in [0.25, 0.3) is 5.91 Å². The lowest BCUT2D eigenvalue weighted by Crippen LogP contribution is -2.53. The van der Waals surface area contributed by atoms with E-state index in [9.17, 15) is 14.4 Å². The number of carbonyl (C=O) groups is 3. The van der Waals surface area contributed by atoms with Crippen LogP contribution in [0.4, 0.5) is 0 Å². The molecule has 1 saturated heterocycles. The summed E-state index contributed by atoms with van der Waals surface area (Å²) in [4.78, 5) is 40.0. The number of nitrogens with two attached hydrogens (primary N) is 1. The van der Waals surface area contributed by atoms with Crippen molar-refractivity contribution in [1.29, 1.82) is 0 Å². The molecule has 2 heterocycles. The minimum absolute atomic E-state index is 0.107. The fraction of sp³-hybridized carbons (Fsp3) is 0.231. The lowest BCUT2D eigenvalue weighted by molar-refractivity contribution is -0.135. The van der Waals surface area contributed by atoms with Gasteiger partial charge in [0, 0.05) is 6.20 Å². The molecular weight excluding hydrogens is 260 g/mol. The molecule has 0 radical (unpaired) electrons. The van der Waals surface area contributed by atoms with Crippen molar-refractivity contribution >= 4 is 17.7 Å². The van der Waals surface area contributed by atoms with Crippen LogP contribution in [0.1, 0.15) is 16.1 Å². The zero-order chi connectivity index (χ0) is 14.5. The number of aromatic nitrogens is 1. The topological polar surface area (TPSA) is 105 Å². The highest BCUT2D eigenvalue weighted by atomic mass is 16.2. The van der Waals surface area contributed by atoms with Gasteiger partial charge >= 0.3 is 0 Å². The van der Waals surface area contributed by atoms with E-state index >= 15 is 0 Å². The van der Waals surface area contributed by atoms with Crippen LogP contribution in [0.25, 0.3) is 0 Å². The molecule has 3 amide bonds. The lowest BCUT2D eigenvalue weighted by Gasteiger charge is -2.25. The summed E-state index contributed by atoms with van der Waals surface area (Å²) in [5.74, 6) is 3.85. The largest absolute Gasteiger partial charge is 0.320 e. The fourth-order valence-electron chi connectivity index (χ4n) is 1.75. The number of amides is 3. The summed E-state index contributed by atoms with van der Waals surface area (Å²) in [5.41, 5.74) is 5.82. The Kier molecular flexibility index (Phi) is 4.08. The number of hydrogen-bond donors (Lipinski definition) is 2. The average molecular weight is 272 g/mol. The van der Waals surface area contributed by atoms with Crippen molar-refractivity contribution in [3.63, 3.8) is 0 Å². The van der Waals surface area contributed by atoms with Crippen LogP contribution < -0.4 is 11.1 Å².